The van der Waals surface area contributed by atoms with Crippen molar-refractivity contribution in [1.82, 2.24) is 10.2 Å². The Hall–Kier alpha value is -0.120. The summed E-state index contributed by atoms with van der Waals surface area (Å²) in [5, 5.41) is 13.6. The average molecular weight is 242 g/mol. The molecule has 17 heavy (non-hydrogen) atoms. The number of β-amino-alcohol motifs (C(OH)–C–C–N with tert-alkyl or cyclic N) is 1. The highest BCUT2D eigenvalue weighted by Crippen LogP contribution is 2.22. The lowest BCUT2D eigenvalue weighted by Crippen LogP contribution is -2.54. The second-order valence-corrected chi connectivity index (χ2v) is 6.09. The van der Waals surface area contributed by atoms with Crippen molar-refractivity contribution in [1.29, 1.82) is 0 Å². The summed E-state index contributed by atoms with van der Waals surface area (Å²) in [5.41, 5.74) is -0.583. The van der Waals surface area contributed by atoms with Gasteiger partial charge >= 0.3 is 0 Å². The topological polar surface area (TPSA) is 35.5 Å². The Kier molecular flexibility index (Phi) is 5.90. The van der Waals surface area contributed by atoms with Gasteiger partial charge in [-0.3, -0.25) is 4.90 Å². The first-order chi connectivity index (χ1) is 7.94. The molecule has 1 rings (SSSR count). The minimum absolute atomic E-state index is 0.526. The highest BCUT2D eigenvalue weighted by Gasteiger charge is 2.30. The molecule has 2 N–H and O–H groups in total. The van der Waals surface area contributed by atoms with Crippen LogP contribution in [0.5, 0.6) is 0 Å². The van der Waals surface area contributed by atoms with Gasteiger partial charge in [0.2, 0.25) is 0 Å². The molecule has 2 atom stereocenters. The van der Waals surface area contributed by atoms with Crippen LogP contribution in [0.15, 0.2) is 0 Å². The maximum atomic E-state index is 9.98. The predicted octanol–water partition coefficient (Wildman–Crippen LogP) is 2.00. The lowest BCUT2D eigenvalue weighted by atomic mass is 9.94. The molecule has 0 spiro atoms. The fraction of sp³-hybridized carbons (Fsp3) is 1.00. The van der Waals surface area contributed by atoms with Crippen molar-refractivity contribution >= 4 is 0 Å². The van der Waals surface area contributed by atoms with Crippen LogP contribution < -0.4 is 5.32 Å². The van der Waals surface area contributed by atoms with Gasteiger partial charge in [-0.05, 0) is 53.1 Å². The molecular formula is C14H30N2O. The molecule has 1 aliphatic rings. The predicted molar refractivity (Wildman–Crippen MR) is 73.3 cm³/mol. The average Bonchev–Trinajstić information content (AvgIpc) is 2.24. The van der Waals surface area contributed by atoms with Gasteiger partial charge in [0.1, 0.15) is 0 Å². The lowest BCUT2D eigenvalue weighted by Gasteiger charge is -2.42. The molecule has 0 aliphatic carbocycles. The first kappa shape index (κ1) is 14.9. The molecule has 0 bridgehead atoms. The fourth-order valence-electron chi connectivity index (χ4n) is 2.78. The molecule has 2 unspecified atom stereocenters. The molecule has 0 saturated carbocycles. The van der Waals surface area contributed by atoms with Gasteiger partial charge in [-0.2, -0.15) is 0 Å². The van der Waals surface area contributed by atoms with E-state index in [4.69, 9.17) is 0 Å². The van der Waals surface area contributed by atoms with Crippen molar-refractivity contribution in [2.24, 2.45) is 0 Å². The Morgan fingerprint density at radius 2 is 2.12 bits per heavy atom. The van der Waals surface area contributed by atoms with Crippen LogP contribution in [0.3, 0.4) is 0 Å². The van der Waals surface area contributed by atoms with E-state index in [9.17, 15) is 5.11 Å². The maximum Gasteiger partial charge on any atom is 0.0718 e. The van der Waals surface area contributed by atoms with E-state index >= 15 is 0 Å². The molecule has 0 radical (unpaired) electrons. The normalized spacial score (nSPS) is 24.9. The number of aliphatic hydroxyl groups is 1. The van der Waals surface area contributed by atoms with Crippen molar-refractivity contribution in [3.63, 3.8) is 0 Å². The summed E-state index contributed by atoms with van der Waals surface area (Å²) in [4.78, 5) is 2.47. The van der Waals surface area contributed by atoms with E-state index in [1.54, 1.807) is 0 Å². The third-order valence-corrected chi connectivity index (χ3v) is 3.55. The smallest absolute Gasteiger partial charge is 0.0718 e. The largest absolute Gasteiger partial charge is 0.389 e. The summed E-state index contributed by atoms with van der Waals surface area (Å²) in [7, 11) is 0. The SMILES string of the molecule is CCCNC(C)C1CCCCN1CC(C)(C)O. The molecule has 0 aromatic heterocycles. The summed E-state index contributed by atoms with van der Waals surface area (Å²) in [5.74, 6) is 0. The minimum atomic E-state index is -0.583. The van der Waals surface area contributed by atoms with Crippen LogP contribution in [0.2, 0.25) is 0 Å². The third kappa shape index (κ3) is 5.36. The molecule has 1 aliphatic heterocycles. The number of nitrogens with one attached hydrogen (secondary N) is 1. The van der Waals surface area contributed by atoms with E-state index < -0.39 is 5.60 Å². The van der Waals surface area contributed by atoms with Crippen molar-refractivity contribution in [3.05, 3.63) is 0 Å². The van der Waals surface area contributed by atoms with Crippen molar-refractivity contribution in [3.8, 4) is 0 Å². The van der Waals surface area contributed by atoms with Gasteiger partial charge in [-0.15, -0.1) is 0 Å². The standard InChI is InChI=1S/C14H30N2O/c1-5-9-15-12(2)13-8-6-7-10-16(13)11-14(3,4)17/h12-13,15,17H,5-11H2,1-4H3. The van der Waals surface area contributed by atoms with Crippen LogP contribution in [-0.4, -0.2) is 47.3 Å². The van der Waals surface area contributed by atoms with Gasteiger partial charge < -0.3 is 10.4 Å². The molecule has 0 amide bonds. The van der Waals surface area contributed by atoms with E-state index in [2.05, 4.69) is 24.1 Å². The van der Waals surface area contributed by atoms with E-state index in [1.807, 2.05) is 13.8 Å². The number of hydrogen-bond donors (Lipinski definition) is 2. The molecule has 0 aromatic carbocycles. The Balaban J connectivity index is 2.52. The number of likely N-dealkylation sites (tertiary alicyclic amines) is 1. The van der Waals surface area contributed by atoms with Crippen LogP contribution in [0.25, 0.3) is 0 Å². The van der Waals surface area contributed by atoms with E-state index in [0.717, 1.165) is 19.6 Å². The van der Waals surface area contributed by atoms with Gasteiger partial charge in [-0.1, -0.05) is 13.3 Å². The minimum Gasteiger partial charge on any atom is -0.389 e. The molecule has 1 heterocycles. The summed E-state index contributed by atoms with van der Waals surface area (Å²) in [6.45, 7) is 11.3. The number of rotatable bonds is 6. The maximum absolute atomic E-state index is 9.98. The second kappa shape index (κ2) is 6.72. The van der Waals surface area contributed by atoms with E-state index in [-0.39, 0.29) is 0 Å². The zero-order valence-corrected chi connectivity index (χ0v) is 12.0. The molecule has 102 valence electrons. The van der Waals surface area contributed by atoms with Gasteiger partial charge in [0.25, 0.3) is 0 Å². The second-order valence-electron chi connectivity index (χ2n) is 6.09. The van der Waals surface area contributed by atoms with Crippen molar-refractivity contribution < 1.29 is 5.11 Å². The summed E-state index contributed by atoms with van der Waals surface area (Å²) >= 11 is 0. The Morgan fingerprint density at radius 1 is 1.41 bits per heavy atom. The fourth-order valence-corrected chi connectivity index (χ4v) is 2.78. The highest BCUT2D eigenvalue weighted by molar-refractivity contribution is 4.87. The van der Waals surface area contributed by atoms with Crippen LogP contribution in [0.1, 0.15) is 53.4 Å². The molecule has 3 nitrogen and oxygen atoms in total. The number of piperidine rings is 1. The Bertz CT molecular complexity index is 213. The van der Waals surface area contributed by atoms with Crippen LogP contribution >= 0.6 is 0 Å². The Morgan fingerprint density at radius 3 is 2.71 bits per heavy atom. The molecule has 1 fully saturated rings. The highest BCUT2D eigenvalue weighted by atomic mass is 16.3. The van der Waals surface area contributed by atoms with E-state index in [1.165, 1.54) is 25.7 Å². The monoisotopic (exact) mass is 242 g/mol. The van der Waals surface area contributed by atoms with E-state index in [0.29, 0.717) is 12.1 Å². The van der Waals surface area contributed by atoms with Crippen LogP contribution in [0, 0.1) is 0 Å². The first-order valence-corrected chi connectivity index (χ1v) is 7.14. The number of nitrogens with zero attached hydrogens (tertiary/aromatic N) is 1. The molecular weight excluding hydrogens is 212 g/mol. The summed E-state index contributed by atoms with van der Waals surface area (Å²) in [6, 6.07) is 1.11. The summed E-state index contributed by atoms with van der Waals surface area (Å²) < 4.78 is 0. The first-order valence-electron chi connectivity index (χ1n) is 7.14. The van der Waals surface area contributed by atoms with Crippen LogP contribution in [0.4, 0.5) is 0 Å². The zero-order chi connectivity index (χ0) is 12.9. The van der Waals surface area contributed by atoms with Gasteiger partial charge in [0, 0.05) is 18.6 Å². The van der Waals surface area contributed by atoms with Crippen LogP contribution in [-0.2, 0) is 0 Å². The molecule has 3 heteroatoms. The lowest BCUT2D eigenvalue weighted by molar-refractivity contribution is 0.00308. The van der Waals surface area contributed by atoms with Crippen molar-refractivity contribution in [2.45, 2.75) is 71.1 Å². The van der Waals surface area contributed by atoms with Gasteiger partial charge in [-0.25, -0.2) is 0 Å². The third-order valence-electron chi connectivity index (χ3n) is 3.55. The van der Waals surface area contributed by atoms with Gasteiger partial charge in [0.15, 0.2) is 0 Å². The molecule has 0 aromatic rings. The van der Waals surface area contributed by atoms with Crippen molar-refractivity contribution in [2.75, 3.05) is 19.6 Å². The summed E-state index contributed by atoms with van der Waals surface area (Å²) in [6.07, 6.45) is 5.04. The Labute approximate surface area is 107 Å². The zero-order valence-electron chi connectivity index (χ0n) is 12.0. The quantitative estimate of drug-likeness (QED) is 0.748. The van der Waals surface area contributed by atoms with Gasteiger partial charge in [0.05, 0.1) is 5.60 Å². The number of hydrogen-bond acceptors (Lipinski definition) is 3. The molecule has 1 saturated heterocycles.